The Balaban J connectivity index is 1.79. The van der Waals surface area contributed by atoms with E-state index in [9.17, 15) is 9.59 Å². The number of rotatable bonds is 4. The van der Waals surface area contributed by atoms with Gasteiger partial charge in [0, 0.05) is 44.5 Å². The van der Waals surface area contributed by atoms with E-state index in [2.05, 4.69) is 5.32 Å². The number of carbonyl (C=O) groups excluding carboxylic acids is 2. The fourth-order valence-corrected chi connectivity index (χ4v) is 1.94. The van der Waals surface area contributed by atoms with Crippen LogP contribution < -0.4 is 11.1 Å². The SMILES string of the molecule is CN1CCN(CCC(=O)Nc2ccc(N)cc2)C1=O. The predicted molar refractivity (Wildman–Crippen MR) is 73.7 cm³/mol. The summed E-state index contributed by atoms with van der Waals surface area (Å²) in [6.07, 6.45) is 0.296. The highest BCUT2D eigenvalue weighted by Gasteiger charge is 2.25. The van der Waals surface area contributed by atoms with E-state index >= 15 is 0 Å². The topological polar surface area (TPSA) is 78.7 Å². The van der Waals surface area contributed by atoms with Gasteiger partial charge in [0.2, 0.25) is 5.91 Å². The number of amides is 3. The molecule has 2 rings (SSSR count). The minimum absolute atomic E-state index is 0.0136. The zero-order chi connectivity index (χ0) is 13.8. The molecule has 1 aromatic carbocycles. The molecule has 3 amide bonds. The molecule has 1 heterocycles. The number of urea groups is 1. The third-order valence-electron chi connectivity index (χ3n) is 3.11. The molecule has 102 valence electrons. The van der Waals surface area contributed by atoms with Crippen LogP contribution in [0.4, 0.5) is 16.2 Å². The maximum atomic E-state index is 11.7. The molecule has 6 nitrogen and oxygen atoms in total. The van der Waals surface area contributed by atoms with Crippen LogP contribution in [0.2, 0.25) is 0 Å². The van der Waals surface area contributed by atoms with E-state index in [1.165, 1.54) is 0 Å². The first-order valence-electron chi connectivity index (χ1n) is 6.21. The molecule has 0 saturated carbocycles. The molecule has 0 aromatic heterocycles. The summed E-state index contributed by atoms with van der Waals surface area (Å²) < 4.78 is 0. The summed E-state index contributed by atoms with van der Waals surface area (Å²) in [6, 6.07) is 6.95. The fourth-order valence-electron chi connectivity index (χ4n) is 1.94. The van der Waals surface area contributed by atoms with E-state index in [0.717, 1.165) is 6.54 Å². The lowest BCUT2D eigenvalue weighted by Crippen LogP contribution is -2.32. The maximum absolute atomic E-state index is 11.7. The van der Waals surface area contributed by atoms with Gasteiger partial charge >= 0.3 is 6.03 Å². The van der Waals surface area contributed by atoms with Gasteiger partial charge in [-0.3, -0.25) is 4.79 Å². The second-order valence-corrected chi connectivity index (χ2v) is 4.61. The average molecular weight is 262 g/mol. The van der Waals surface area contributed by atoms with Gasteiger partial charge in [-0.25, -0.2) is 4.79 Å². The lowest BCUT2D eigenvalue weighted by Gasteiger charge is -2.15. The molecule has 0 aliphatic carbocycles. The van der Waals surface area contributed by atoms with Crippen LogP contribution >= 0.6 is 0 Å². The number of nitrogen functional groups attached to an aromatic ring is 1. The zero-order valence-corrected chi connectivity index (χ0v) is 10.9. The number of nitrogens with two attached hydrogens (primary N) is 1. The van der Waals surface area contributed by atoms with E-state index in [1.807, 2.05) is 0 Å². The highest BCUT2D eigenvalue weighted by Crippen LogP contribution is 2.11. The number of likely N-dealkylation sites (N-methyl/N-ethyl adjacent to an activating group) is 1. The number of carbonyl (C=O) groups is 2. The second kappa shape index (κ2) is 5.60. The van der Waals surface area contributed by atoms with Gasteiger partial charge in [0.05, 0.1) is 0 Å². The Morgan fingerprint density at radius 1 is 1.32 bits per heavy atom. The molecular formula is C13H18N4O2. The van der Waals surface area contributed by atoms with Crippen molar-refractivity contribution in [3.8, 4) is 0 Å². The molecule has 1 fully saturated rings. The Kier molecular flexibility index (Phi) is 3.89. The van der Waals surface area contributed by atoms with Gasteiger partial charge in [-0.05, 0) is 24.3 Å². The van der Waals surface area contributed by atoms with Gasteiger partial charge in [0.25, 0.3) is 0 Å². The molecule has 0 bridgehead atoms. The van der Waals surface area contributed by atoms with Gasteiger partial charge in [0.15, 0.2) is 0 Å². The number of hydrogen-bond acceptors (Lipinski definition) is 3. The highest BCUT2D eigenvalue weighted by atomic mass is 16.2. The quantitative estimate of drug-likeness (QED) is 0.793. The van der Waals surface area contributed by atoms with E-state index in [-0.39, 0.29) is 11.9 Å². The van der Waals surface area contributed by atoms with Crippen LogP contribution in [-0.2, 0) is 4.79 Å². The zero-order valence-electron chi connectivity index (χ0n) is 10.9. The Morgan fingerprint density at radius 3 is 2.58 bits per heavy atom. The van der Waals surface area contributed by atoms with Gasteiger partial charge < -0.3 is 20.9 Å². The summed E-state index contributed by atoms with van der Waals surface area (Å²) in [6.45, 7) is 1.85. The summed E-state index contributed by atoms with van der Waals surface area (Å²) in [7, 11) is 1.76. The fraction of sp³-hybridized carbons (Fsp3) is 0.385. The average Bonchev–Trinajstić information content (AvgIpc) is 2.70. The summed E-state index contributed by atoms with van der Waals surface area (Å²) in [5.41, 5.74) is 6.93. The van der Waals surface area contributed by atoms with Crippen molar-refractivity contribution in [1.82, 2.24) is 9.80 Å². The molecule has 0 unspecified atom stereocenters. The van der Waals surface area contributed by atoms with Gasteiger partial charge in [-0.2, -0.15) is 0 Å². The number of nitrogens with zero attached hydrogens (tertiary/aromatic N) is 2. The minimum atomic E-state index is -0.105. The molecule has 1 aliphatic rings. The predicted octanol–water partition coefficient (Wildman–Crippen LogP) is 0.965. The van der Waals surface area contributed by atoms with Crippen molar-refractivity contribution in [3.05, 3.63) is 24.3 Å². The van der Waals surface area contributed by atoms with Crippen molar-refractivity contribution >= 4 is 23.3 Å². The van der Waals surface area contributed by atoms with Gasteiger partial charge in [-0.1, -0.05) is 0 Å². The molecule has 6 heteroatoms. The van der Waals surface area contributed by atoms with Crippen LogP contribution in [0.25, 0.3) is 0 Å². The van der Waals surface area contributed by atoms with Gasteiger partial charge in [-0.15, -0.1) is 0 Å². The Hall–Kier alpha value is -2.24. The van der Waals surface area contributed by atoms with Crippen LogP contribution in [0.15, 0.2) is 24.3 Å². The summed E-state index contributed by atoms with van der Waals surface area (Å²) in [5.74, 6) is -0.105. The van der Waals surface area contributed by atoms with E-state index in [1.54, 1.807) is 41.1 Å². The number of benzene rings is 1. The summed E-state index contributed by atoms with van der Waals surface area (Å²) >= 11 is 0. The van der Waals surface area contributed by atoms with Crippen LogP contribution in [-0.4, -0.2) is 48.4 Å². The van der Waals surface area contributed by atoms with Crippen LogP contribution in [0, 0.1) is 0 Å². The molecule has 0 radical (unpaired) electrons. The molecule has 1 aromatic rings. The lowest BCUT2D eigenvalue weighted by atomic mass is 10.2. The first-order chi connectivity index (χ1) is 9.06. The Morgan fingerprint density at radius 2 is 2.00 bits per heavy atom. The molecule has 0 atom stereocenters. The number of anilines is 2. The van der Waals surface area contributed by atoms with Crippen molar-refractivity contribution < 1.29 is 9.59 Å². The largest absolute Gasteiger partial charge is 0.399 e. The van der Waals surface area contributed by atoms with Crippen LogP contribution in [0.5, 0.6) is 0 Å². The number of hydrogen-bond donors (Lipinski definition) is 2. The molecule has 19 heavy (non-hydrogen) atoms. The van der Waals surface area contributed by atoms with Crippen LogP contribution in [0.1, 0.15) is 6.42 Å². The van der Waals surface area contributed by atoms with Crippen molar-refractivity contribution in [2.45, 2.75) is 6.42 Å². The van der Waals surface area contributed by atoms with E-state index in [4.69, 9.17) is 5.73 Å². The first kappa shape index (κ1) is 13.2. The summed E-state index contributed by atoms with van der Waals surface area (Å²) in [5, 5.41) is 2.77. The number of nitrogens with one attached hydrogen (secondary N) is 1. The maximum Gasteiger partial charge on any atom is 0.319 e. The normalized spacial score (nSPS) is 14.9. The Bertz CT molecular complexity index is 472. The molecule has 3 N–H and O–H groups in total. The lowest BCUT2D eigenvalue weighted by molar-refractivity contribution is -0.116. The smallest absolute Gasteiger partial charge is 0.319 e. The first-order valence-corrected chi connectivity index (χ1v) is 6.21. The van der Waals surface area contributed by atoms with Crippen molar-refractivity contribution in [3.63, 3.8) is 0 Å². The van der Waals surface area contributed by atoms with Gasteiger partial charge in [0.1, 0.15) is 0 Å². The third-order valence-corrected chi connectivity index (χ3v) is 3.11. The van der Waals surface area contributed by atoms with E-state index in [0.29, 0.717) is 30.9 Å². The molecule has 1 aliphatic heterocycles. The second-order valence-electron chi connectivity index (χ2n) is 4.61. The van der Waals surface area contributed by atoms with Crippen molar-refractivity contribution in [2.75, 3.05) is 37.7 Å². The monoisotopic (exact) mass is 262 g/mol. The molecule has 1 saturated heterocycles. The standard InChI is InChI=1S/C13H18N4O2/c1-16-8-9-17(13(16)19)7-6-12(18)15-11-4-2-10(14)3-5-11/h2-5H,6-9,14H2,1H3,(H,15,18). The Labute approximate surface area is 112 Å². The highest BCUT2D eigenvalue weighted by molar-refractivity contribution is 5.91. The summed E-state index contributed by atoms with van der Waals surface area (Å²) in [4.78, 5) is 26.7. The molecule has 0 spiro atoms. The van der Waals surface area contributed by atoms with Crippen molar-refractivity contribution in [1.29, 1.82) is 0 Å². The minimum Gasteiger partial charge on any atom is -0.399 e. The third kappa shape index (κ3) is 3.37. The van der Waals surface area contributed by atoms with Crippen LogP contribution in [0.3, 0.4) is 0 Å². The van der Waals surface area contributed by atoms with E-state index < -0.39 is 0 Å². The molecular weight excluding hydrogens is 244 g/mol. The van der Waals surface area contributed by atoms with Crippen molar-refractivity contribution in [2.24, 2.45) is 0 Å².